The molecule has 0 unspecified atom stereocenters. The summed E-state index contributed by atoms with van der Waals surface area (Å²) in [4.78, 5) is 2.31. The van der Waals surface area contributed by atoms with Crippen LogP contribution >= 0.6 is 12.2 Å². The lowest BCUT2D eigenvalue weighted by Crippen LogP contribution is -2.42. The van der Waals surface area contributed by atoms with Gasteiger partial charge in [0.25, 0.3) is 0 Å². The van der Waals surface area contributed by atoms with Gasteiger partial charge in [0.1, 0.15) is 11.5 Å². The number of rotatable bonds is 5. The van der Waals surface area contributed by atoms with Crippen molar-refractivity contribution < 1.29 is 14.9 Å². The van der Waals surface area contributed by atoms with Gasteiger partial charge in [-0.3, -0.25) is 10.3 Å². The average molecular weight is 338 g/mol. The number of hydrogen-bond acceptors (Lipinski definition) is 6. The Morgan fingerprint density at radius 3 is 2.78 bits per heavy atom. The van der Waals surface area contributed by atoms with Crippen molar-refractivity contribution in [1.29, 1.82) is 0 Å². The molecule has 0 aliphatic carbocycles. The first-order valence-corrected chi connectivity index (χ1v) is 7.87. The molecule has 1 saturated heterocycles. The summed E-state index contributed by atoms with van der Waals surface area (Å²) < 4.78 is 5.30. The van der Waals surface area contributed by atoms with E-state index >= 15 is 0 Å². The van der Waals surface area contributed by atoms with Gasteiger partial charge in [-0.15, -0.1) is 0 Å². The van der Waals surface area contributed by atoms with E-state index in [9.17, 15) is 10.2 Å². The van der Waals surface area contributed by atoms with Crippen LogP contribution in [0.5, 0.6) is 11.5 Å². The Morgan fingerprint density at radius 2 is 2.09 bits per heavy atom. The third-order valence-electron chi connectivity index (χ3n) is 3.51. The molecule has 0 aromatic heterocycles. The van der Waals surface area contributed by atoms with E-state index < -0.39 is 0 Å². The summed E-state index contributed by atoms with van der Waals surface area (Å²) in [5.41, 5.74) is 3.85. The first kappa shape index (κ1) is 17.5. The number of aromatic hydroxyl groups is 2. The minimum atomic E-state index is -0.0285. The number of morpholine rings is 1. The van der Waals surface area contributed by atoms with Gasteiger partial charge in [-0.2, -0.15) is 5.10 Å². The zero-order chi connectivity index (χ0) is 16.7. The summed E-state index contributed by atoms with van der Waals surface area (Å²) in [6.07, 6.45) is 0. The minimum absolute atomic E-state index is 0.00677. The molecule has 1 fully saturated rings. The summed E-state index contributed by atoms with van der Waals surface area (Å²) in [5, 5.41) is 26.7. The van der Waals surface area contributed by atoms with Gasteiger partial charge in [0.2, 0.25) is 0 Å². The van der Waals surface area contributed by atoms with Gasteiger partial charge in [-0.05, 0) is 31.3 Å². The molecule has 23 heavy (non-hydrogen) atoms. The van der Waals surface area contributed by atoms with Crippen LogP contribution in [-0.2, 0) is 4.74 Å². The van der Waals surface area contributed by atoms with E-state index in [1.165, 1.54) is 12.1 Å². The van der Waals surface area contributed by atoms with Gasteiger partial charge in [-0.25, -0.2) is 0 Å². The molecule has 126 valence electrons. The monoisotopic (exact) mass is 338 g/mol. The van der Waals surface area contributed by atoms with Crippen molar-refractivity contribution in [2.24, 2.45) is 5.10 Å². The molecular weight excluding hydrogens is 316 g/mol. The molecule has 1 aromatic carbocycles. The Balaban J connectivity index is 1.75. The molecule has 0 spiro atoms. The Hall–Kier alpha value is -1.90. The van der Waals surface area contributed by atoms with Crippen molar-refractivity contribution in [3.63, 3.8) is 0 Å². The van der Waals surface area contributed by atoms with E-state index in [0.717, 1.165) is 39.4 Å². The van der Waals surface area contributed by atoms with Crippen LogP contribution in [0.25, 0.3) is 0 Å². The molecule has 1 aromatic rings. The van der Waals surface area contributed by atoms with Crippen LogP contribution in [0.15, 0.2) is 23.3 Å². The van der Waals surface area contributed by atoms with Crippen LogP contribution in [0, 0.1) is 0 Å². The fourth-order valence-corrected chi connectivity index (χ4v) is 2.36. The van der Waals surface area contributed by atoms with Crippen LogP contribution in [0.3, 0.4) is 0 Å². The average Bonchev–Trinajstić information content (AvgIpc) is 2.53. The van der Waals surface area contributed by atoms with Gasteiger partial charge in [0.05, 0.1) is 18.9 Å². The summed E-state index contributed by atoms with van der Waals surface area (Å²) in [6, 6.07) is 4.36. The molecule has 1 aliphatic heterocycles. The lowest BCUT2D eigenvalue weighted by molar-refractivity contribution is 0.0389. The minimum Gasteiger partial charge on any atom is -0.508 e. The van der Waals surface area contributed by atoms with E-state index in [0.29, 0.717) is 16.4 Å². The molecule has 1 heterocycles. The molecule has 0 atom stereocenters. The number of hydrazone groups is 1. The van der Waals surface area contributed by atoms with Crippen molar-refractivity contribution in [2.75, 3.05) is 39.4 Å². The SMILES string of the molecule is C/C(=N\NC(=S)NCCN1CCOCC1)c1ccc(O)cc1O. The Labute approximate surface area is 140 Å². The highest BCUT2D eigenvalue weighted by Crippen LogP contribution is 2.22. The lowest BCUT2D eigenvalue weighted by atomic mass is 10.1. The number of nitrogens with zero attached hydrogens (tertiary/aromatic N) is 2. The molecule has 0 saturated carbocycles. The topological polar surface area (TPSA) is 89.4 Å². The fraction of sp³-hybridized carbons (Fsp3) is 0.467. The molecule has 0 bridgehead atoms. The van der Waals surface area contributed by atoms with Crippen LogP contribution in [0.4, 0.5) is 0 Å². The van der Waals surface area contributed by atoms with Gasteiger partial charge >= 0.3 is 0 Å². The Bertz CT molecular complexity index is 574. The highest BCUT2D eigenvalue weighted by atomic mass is 32.1. The number of ether oxygens (including phenoxy) is 1. The van der Waals surface area contributed by atoms with Crippen LogP contribution in [0.2, 0.25) is 0 Å². The summed E-state index contributed by atoms with van der Waals surface area (Å²) in [6.45, 7) is 6.82. The fourth-order valence-electron chi connectivity index (χ4n) is 2.21. The van der Waals surface area contributed by atoms with Crippen molar-refractivity contribution in [3.05, 3.63) is 23.8 Å². The van der Waals surface area contributed by atoms with Gasteiger partial charge in [-0.1, -0.05) is 0 Å². The maximum Gasteiger partial charge on any atom is 0.187 e. The van der Waals surface area contributed by atoms with E-state index in [2.05, 4.69) is 20.7 Å². The Kier molecular flexibility index (Phi) is 6.57. The number of phenols is 2. The predicted octanol–water partition coefficient (Wildman–Crippen LogP) is 0.618. The lowest BCUT2D eigenvalue weighted by Gasteiger charge is -2.26. The summed E-state index contributed by atoms with van der Waals surface area (Å²) in [5.74, 6) is -0.0217. The zero-order valence-electron chi connectivity index (χ0n) is 13.1. The summed E-state index contributed by atoms with van der Waals surface area (Å²) in [7, 11) is 0. The highest BCUT2D eigenvalue weighted by Gasteiger charge is 2.09. The third-order valence-corrected chi connectivity index (χ3v) is 3.75. The Morgan fingerprint density at radius 1 is 1.35 bits per heavy atom. The van der Waals surface area contributed by atoms with E-state index in [4.69, 9.17) is 17.0 Å². The van der Waals surface area contributed by atoms with Gasteiger partial charge < -0.3 is 20.3 Å². The summed E-state index contributed by atoms with van der Waals surface area (Å²) >= 11 is 5.17. The molecule has 0 amide bonds. The second kappa shape index (κ2) is 8.66. The number of hydrogen-bond donors (Lipinski definition) is 4. The van der Waals surface area contributed by atoms with Crippen molar-refractivity contribution in [3.8, 4) is 11.5 Å². The number of nitrogens with one attached hydrogen (secondary N) is 2. The molecule has 2 rings (SSSR count). The first-order chi connectivity index (χ1) is 11.1. The first-order valence-electron chi connectivity index (χ1n) is 7.47. The van der Waals surface area contributed by atoms with Gasteiger partial charge in [0, 0.05) is 37.8 Å². The third kappa shape index (κ3) is 5.66. The van der Waals surface area contributed by atoms with E-state index in [1.807, 2.05) is 0 Å². The van der Waals surface area contributed by atoms with Crippen molar-refractivity contribution in [2.45, 2.75) is 6.92 Å². The molecule has 1 aliphatic rings. The molecule has 0 radical (unpaired) electrons. The van der Waals surface area contributed by atoms with E-state index in [-0.39, 0.29) is 11.5 Å². The van der Waals surface area contributed by atoms with Crippen LogP contribution in [0.1, 0.15) is 12.5 Å². The molecular formula is C15H22N4O3S. The molecule has 7 nitrogen and oxygen atoms in total. The molecule has 4 N–H and O–H groups in total. The maximum atomic E-state index is 9.78. The van der Waals surface area contributed by atoms with E-state index in [1.54, 1.807) is 13.0 Å². The molecule has 8 heteroatoms. The quantitative estimate of drug-likeness (QED) is 0.355. The van der Waals surface area contributed by atoms with Crippen molar-refractivity contribution in [1.82, 2.24) is 15.6 Å². The van der Waals surface area contributed by atoms with Crippen LogP contribution < -0.4 is 10.7 Å². The zero-order valence-corrected chi connectivity index (χ0v) is 13.9. The predicted molar refractivity (Wildman–Crippen MR) is 93.0 cm³/mol. The van der Waals surface area contributed by atoms with Crippen molar-refractivity contribution >= 4 is 23.0 Å². The standard InChI is InChI=1S/C15H22N4O3S/c1-11(13-3-2-12(20)10-14(13)21)17-18-15(23)16-4-5-19-6-8-22-9-7-19/h2-3,10,20-21H,4-9H2,1H3,(H2,16,18,23)/b17-11+. The highest BCUT2D eigenvalue weighted by molar-refractivity contribution is 7.80. The van der Waals surface area contributed by atoms with Gasteiger partial charge in [0.15, 0.2) is 5.11 Å². The smallest absolute Gasteiger partial charge is 0.187 e. The largest absolute Gasteiger partial charge is 0.508 e. The van der Waals surface area contributed by atoms with Crippen LogP contribution in [-0.4, -0.2) is 65.3 Å². The second-order valence-electron chi connectivity index (χ2n) is 5.22. The number of benzene rings is 1. The maximum absolute atomic E-state index is 9.78. The number of phenolic OH excluding ortho intramolecular Hbond substituents is 2. The second-order valence-corrected chi connectivity index (χ2v) is 5.63. The normalized spacial score (nSPS) is 16.1. The number of thiocarbonyl (C=S) groups is 1.